The Balaban J connectivity index is 1.37. The number of benzene rings is 1. The third-order valence-electron chi connectivity index (χ3n) is 5.54. The number of carbonyl (C=O) groups is 1. The molecular weight excluding hydrogens is 300 g/mol. The molecule has 132 valence electrons. The normalized spacial score (nSPS) is 22.9. The van der Waals surface area contributed by atoms with Crippen molar-refractivity contribution < 1.29 is 9.90 Å². The number of aliphatic hydroxyl groups excluding tert-OH is 1. The molecule has 0 unspecified atom stereocenters. The third-order valence-corrected chi connectivity index (χ3v) is 5.54. The highest BCUT2D eigenvalue weighted by atomic mass is 16.3. The highest BCUT2D eigenvalue weighted by molar-refractivity contribution is 5.78. The maximum absolute atomic E-state index is 12.4. The third kappa shape index (κ3) is 4.81. The molecule has 2 aliphatic rings. The van der Waals surface area contributed by atoms with E-state index in [2.05, 4.69) is 36.1 Å². The number of nitrogens with zero attached hydrogens (tertiary/aromatic N) is 2. The lowest BCUT2D eigenvalue weighted by atomic mass is 9.90. The van der Waals surface area contributed by atoms with Crippen molar-refractivity contribution in [3.05, 3.63) is 35.4 Å². The van der Waals surface area contributed by atoms with Gasteiger partial charge in [-0.15, -0.1) is 0 Å². The summed E-state index contributed by atoms with van der Waals surface area (Å²) in [5.74, 6) is 0.977. The molecule has 2 aliphatic heterocycles. The summed E-state index contributed by atoms with van der Waals surface area (Å²) in [7, 11) is 0. The van der Waals surface area contributed by atoms with Gasteiger partial charge in [-0.1, -0.05) is 29.8 Å². The van der Waals surface area contributed by atoms with Gasteiger partial charge in [0.2, 0.25) is 5.91 Å². The Hall–Kier alpha value is -1.39. The Morgan fingerprint density at radius 2 is 1.83 bits per heavy atom. The van der Waals surface area contributed by atoms with Crippen LogP contribution < -0.4 is 0 Å². The van der Waals surface area contributed by atoms with Gasteiger partial charge in [0.15, 0.2) is 0 Å². The minimum absolute atomic E-state index is 0.237. The number of β-amino-alcohol motifs (C(OH)–C–C–N with tert-alkyl or cyclic N) is 1. The molecule has 1 amide bonds. The first-order chi connectivity index (χ1) is 11.6. The molecule has 1 atom stereocenters. The van der Waals surface area contributed by atoms with Crippen molar-refractivity contribution in [1.82, 2.24) is 9.80 Å². The highest BCUT2D eigenvalue weighted by Gasteiger charge is 2.26. The predicted octanol–water partition coefficient (Wildman–Crippen LogP) is 2.23. The standard InChI is InChI=1S/C20H30N2O2/c1-16-2-4-17(5-3-16)6-7-18-8-12-22(13-9-18)20(24)15-21-11-10-19(23)14-21/h2-5,18-19,23H,6-15H2,1H3/t19-/m0/s1. The number of likely N-dealkylation sites (tertiary alicyclic amines) is 2. The van der Waals surface area contributed by atoms with E-state index in [9.17, 15) is 9.90 Å². The van der Waals surface area contributed by atoms with Crippen LogP contribution in [0.25, 0.3) is 0 Å². The van der Waals surface area contributed by atoms with Gasteiger partial charge in [0.25, 0.3) is 0 Å². The molecule has 1 aromatic rings. The van der Waals surface area contributed by atoms with Crippen LogP contribution in [0.4, 0.5) is 0 Å². The largest absolute Gasteiger partial charge is 0.392 e. The molecule has 1 N–H and O–H groups in total. The Morgan fingerprint density at radius 3 is 2.46 bits per heavy atom. The van der Waals surface area contributed by atoms with Crippen molar-refractivity contribution in [2.45, 2.75) is 45.1 Å². The summed E-state index contributed by atoms with van der Waals surface area (Å²) < 4.78 is 0. The molecule has 0 radical (unpaired) electrons. The second-order valence-electron chi connectivity index (χ2n) is 7.53. The number of hydrogen-bond donors (Lipinski definition) is 1. The molecule has 3 rings (SSSR count). The number of piperidine rings is 1. The topological polar surface area (TPSA) is 43.8 Å². The van der Waals surface area contributed by atoms with Crippen LogP contribution in [0, 0.1) is 12.8 Å². The van der Waals surface area contributed by atoms with Gasteiger partial charge in [0, 0.05) is 26.2 Å². The minimum Gasteiger partial charge on any atom is -0.392 e. The first kappa shape index (κ1) is 17.4. The van der Waals surface area contributed by atoms with Crippen LogP contribution in [-0.2, 0) is 11.2 Å². The molecule has 4 heteroatoms. The van der Waals surface area contributed by atoms with Crippen LogP contribution in [0.1, 0.15) is 36.8 Å². The highest BCUT2D eigenvalue weighted by Crippen LogP contribution is 2.23. The monoisotopic (exact) mass is 330 g/mol. The fraction of sp³-hybridized carbons (Fsp3) is 0.650. The number of rotatable bonds is 5. The van der Waals surface area contributed by atoms with Crippen LogP contribution >= 0.6 is 0 Å². The zero-order valence-corrected chi connectivity index (χ0v) is 14.8. The Bertz CT molecular complexity index is 535. The molecule has 0 bridgehead atoms. The number of carbonyl (C=O) groups excluding carboxylic acids is 1. The van der Waals surface area contributed by atoms with Crippen molar-refractivity contribution >= 4 is 5.91 Å². The Labute approximate surface area is 145 Å². The van der Waals surface area contributed by atoms with Gasteiger partial charge in [-0.2, -0.15) is 0 Å². The summed E-state index contributed by atoms with van der Waals surface area (Å²) in [6, 6.07) is 8.84. The first-order valence-electron chi connectivity index (χ1n) is 9.34. The molecule has 0 aromatic heterocycles. The van der Waals surface area contributed by atoms with Gasteiger partial charge in [-0.25, -0.2) is 0 Å². The fourth-order valence-electron chi connectivity index (χ4n) is 3.84. The van der Waals surface area contributed by atoms with E-state index in [1.165, 1.54) is 17.5 Å². The maximum atomic E-state index is 12.4. The lowest BCUT2D eigenvalue weighted by molar-refractivity contribution is -0.133. The van der Waals surface area contributed by atoms with E-state index in [1.54, 1.807) is 0 Å². The van der Waals surface area contributed by atoms with Crippen molar-refractivity contribution in [3.63, 3.8) is 0 Å². The zero-order chi connectivity index (χ0) is 16.9. The van der Waals surface area contributed by atoms with E-state index >= 15 is 0 Å². The molecule has 0 saturated carbocycles. The van der Waals surface area contributed by atoms with Crippen molar-refractivity contribution in [1.29, 1.82) is 0 Å². The van der Waals surface area contributed by atoms with Crippen LogP contribution in [-0.4, -0.2) is 59.6 Å². The van der Waals surface area contributed by atoms with Gasteiger partial charge >= 0.3 is 0 Å². The van der Waals surface area contributed by atoms with Crippen LogP contribution in [0.5, 0.6) is 0 Å². The number of aryl methyl sites for hydroxylation is 2. The van der Waals surface area contributed by atoms with Crippen LogP contribution in [0.15, 0.2) is 24.3 Å². The van der Waals surface area contributed by atoms with Crippen LogP contribution in [0.3, 0.4) is 0 Å². The SMILES string of the molecule is Cc1ccc(CCC2CCN(C(=O)CN3CC[C@H](O)C3)CC2)cc1. The van der Waals surface area contributed by atoms with Crippen molar-refractivity contribution in [2.24, 2.45) is 5.92 Å². The van der Waals surface area contributed by atoms with E-state index in [4.69, 9.17) is 0 Å². The Kier molecular flexibility index (Phi) is 5.90. The molecule has 2 saturated heterocycles. The second-order valence-corrected chi connectivity index (χ2v) is 7.53. The number of aliphatic hydroxyl groups is 1. The summed E-state index contributed by atoms with van der Waals surface area (Å²) in [6.07, 6.45) is 5.17. The lowest BCUT2D eigenvalue weighted by Crippen LogP contribution is -2.44. The molecule has 0 aliphatic carbocycles. The van der Waals surface area contributed by atoms with E-state index in [-0.39, 0.29) is 12.0 Å². The molecule has 2 fully saturated rings. The second kappa shape index (κ2) is 8.13. The molecule has 1 aromatic carbocycles. The van der Waals surface area contributed by atoms with E-state index < -0.39 is 0 Å². The summed E-state index contributed by atoms with van der Waals surface area (Å²) in [5.41, 5.74) is 2.74. The lowest BCUT2D eigenvalue weighted by Gasteiger charge is -2.33. The van der Waals surface area contributed by atoms with Gasteiger partial charge < -0.3 is 10.0 Å². The summed E-state index contributed by atoms with van der Waals surface area (Å²) in [6.45, 7) is 5.89. The smallest absolute Gasteiger partial charge is 0.236 e. The van der Waals surface area contributed by atoms with Gasteiger partial charge in [-0.05, 0) is 50.5 Å². The number of amides is 1. The predicted molar refractivity (Wildman–Crippen MR) is 95.9 cm³/mol. The molecule has 0 spiro atoms. The Morgan fingerprint density at radius 1 is 1.12 bits per heavy atom. The maximum Gasteiger partial charge on any atom is 0.236 e. The molecule has 4 nitrogen and oxygen atoms in total. The quantitative estimate of drug-likeness (QED) is 0.900. The van der Waals surface area contributed by atoms with Crippen LogP contribution in [0.2, 0.25) is 0 Å². The fourth-order valence-corrected chi connectivity index (χ4v) is 3.84. The van der Waals surface area contributed by atoms with E-state index in [0.717, 1.165) is 51.2 Å². The zero-order valence-electron chi connectivity index (χ0n) is 14.8. The molecule has 24 heavy (non-hydrogen) atoms. The van der Waals surface area contributed by atoms with E-state index in [1.807, 2.05) is 4.90 Å². The average Bonchev–Trinajstić information content (AvgIpc) is 2.99. The van der Waals surface area contributed by atoms with Gasteiger partial charge in [0.05, 0.1) is 12.6 Å². The molecular formula is C20H30N2O2. The number of hydrogen-bond acceptors (Lipinski definition) is 3. The van der Waals surface area contributed by atoms with Crippen molar-refractivity contribution in [3.8, 4) is 0 Å². The van der Waals surface area contributed by atoms with Gasteiger partial charge in [0.1, 0.15) is 0 Å². The van der Waals surface area contributed by atoms with Gasteiger partial charge in [-0.3, -0.25) is 9.69 Å². The summed E-state index contributed by atoms with van der Waals surface area (Å²) >= 11 is 0. The minimum atomic E-state index is -0.245. The first-order valence-corrected chi connectivity index (χ1v) is 9.34. The summed E-state index contributed by atoms with van der Waals surface area (Å²) in [4.78, 5) is 16.5. The summed E-state index contributed by atoms with van der Waals surface area (Å²) in [5, 5.41) is 9.56. The van der Waals surface area contributed by atoms with E-state index in [0.29, 0.717) is 13.1 Å². The molecule has 2 heterocycles. The van der Waals surface area contributed by atoms with Crippen molar-refractivity contribution in [2.75, 3.05) is 32.7 Å². The average molecular weight is 330 g/mol.